The lowest BCUT2D eigenvalue weighted by molar-refractivity contribution is 0.120. The fourth-order valence-corrected chi connectivity index (χ4v) is 1.21. The van der Waals surface area contributed by atoms with Crippen LogP contribution in [0.5, 0.6) is 0 Å². The number of ether oxygens (including phenoxy) is 1. The summed E-state index contributed by atoms with van der Waals surface area (Å²) in [5.41, 5.74) is 0. The van der Waals surface area contributed by atoms with Gasteiger partial charge in [0.05, 0.1) is 6.61 Å². The average Bonchev–Trinajstić information content (AvgIpc) is 2.08. The zero-order valence-electron chi connectivity index (χ0n) is 8.52. The van der Waals surface area contributed by atoms with E-state index in [4.69, 9.17) is 14.5 Å². The number of phosphoric ester groups is 1. The van der Waals surface area contributed by atoms with Crippen LogP contribution in [-0.2, 0) is 13.8 Å². The molecule has 14 heavy (non-hydrogen) atoms. The molecule has 0 saturated heterocycles. The van der Waals surface area contributed by atoms with Gasteiger partial charge in [-0.15, -0.1) is 0 Å². The van der Waals surface area contributed by atoms with Crippen LogP contribution in [0.15, 0.2) is 0 Å². The molecule has 0 aromatic heterocycles. The molecule has 86 valence electrons. The fraction of sp³-hybridized carbons (Fsp3) is 1.00. The number of rotatable bonds is 9. The van der Waals surface area contributed by atoms with Crippen molar-refractivity contribution in [2.24, 2.45) is 0 Å². The maximum Gasteiger partial charge on any atom is 0.469 e. The summed E-state index contributed by atoms with van der Waals surface area (Å²) in [6, 6.07) is 0. The van der Waals surface area contributed by atoms with Crippen molar-refractivity contribution in [1.82, 2.24) is 0 Å². The lowest BCUT2D eigenvalue weighted by Crippen LogP contribution is -1.99. The highest BCUT2D eigenvalue weighted by Gasteiger charge is 2.12. The largest absolute Gasteiger partial charge is 0.469 e. The van der Waals surface area contributed by atoms with E-state index < -0.39 is 7.82 Å². The Hall–Kier alpha value is 0.0700. The summed E-state index contributed by atoms with van der Waals surface area (Å²) in [6.45, 7) is 3.57. The van der Waals surface area contributed by atoms with Crippen LogP contribution in [0.25, 0.3) is 0 Å². The highest BCUT2D eigenvalue weighted by Crippen LogP contribution is 2.35. The van der Waals surface area contributed by atoms with Crippen LogP contribution in [0.3, 0.4) is 0 Å². The summed E-state index contributed by atoms with van der Waals surface area (Å²) < 4.78 is 19.8. The van der Waals surface area contributed by atoms with Gasteiger partial charge in [0.15, 0.2) is 0 Å². The zero-order valence-corrected chi connectivity index (χ0v) is 9.41. The molecular formula is C8H19O5P. The van der Waals surface area contributed by atoms with Crippen molar-refractivity contribution >= 4 is 7.82 Å². The molecule has 0 spiro atoms. The predicted octanol–water partition coefficient (Wildman–Crippen LogP) is 1.69. The Kier molecular flexibility index (Phi) is 8.43. The third kappa shape index (κ3) is 12.1. The molecule has 5 nitrogen and oxygen atoms in total. The Morgan fingerprint density at radius 1 is 1.07 bits per heavy atom. The lowest BCUT2D eigenvalue weighted by Gasteiger charge is -2.05. The second-order valence-corrected chi connectivity index (χ2v) is 4.24. The van der Waals surface area contributed by atoms with Gasteiger partial charge in [-0.05, 0) is 19.3 Å². The first kappa shape index (κ1) is 14.1. The molecule has 2 N–H and O–H groups in total. The number of unbranched alkanes of at least 4 members (excludes halogenated alkanes) is 2. The topological polar surface area (TPSA) is 76.0 Å². The molecule has 0 aliphatic carbocycles. The first-order valence-corrected chi connectivity index (χ1v) is 6.37. The molecule has 0 radical (unpaired) electrons. The normalized spacial score (nSPS) is 11.9. The average molecular weight is 226 g/mol. The van der Waals surface area contributed by atoms with E-state index in [9.17, 15) is 4.57 Å². The van der Waals surface area contributed by atoms with Gasteiger partial charge in [0.1, 0.15) is 0 Å². The smallest absolute Gasteiger partial charge is 0.381 e. The van der Waals surface area contributed by atoms with Gasteiger partial charge >= 0.3 is 7.82 Å². The maximum absolute atomic E-state index is 10.2. The third-order valence-corrected chi connectivity index (χ3v) is 2.10. The quantitative estimate of drug-likeness (QED) is 0.462. The van der Waals surface area contributed by atoms with Gasteiger partial charge in [-0.2, -0.15) is 0 Å². The van der Waals surface area contributed by atoms with E-state index in [2.05, 4.69) is 11.4 Å². The van der Waals surface area contributed by atoms with Gasteiger partial charge in [0.25, 0.3) is 0 Å². The minimum atomic E-state index is -4.27. The fourth-order valence-electron chi connectivity index (χ4n) is 0.838. The van der Waals surface area contributed by atoms with Gasteiger partial charge in [0.2, 0.25) is 0 Å². The molecule has 0 aliphatic rings. The van der Waals surface area contributed by atoms with Crippen LogP contribution in [0.1, 0.15) is 32.6 Å². The summed E-state index contributed by atoms with van der Waals surface area (Å²) in [5.74, 6) is 0. The van der Waals surface area contributed by atoms with Crippen molar-refractivity contribution in [2.45, 2.75) is 32.6 Å². The van der Waals surface area contributed by atoms with E-state index in [0.717, 1.165) is 25.9 Å². The van der Waals surface area contributed by atoms with Crippen molar-refractivity contribution in [1.29, 1.82) is 0 Å². The highest BCUT2D eigenvalue weighted by molar-refractivity contribution is 7.46. The molecule has 0 bridgehead atoms. The Balaban J connectivity index is 3.03. The van der Waals surface area contributed by atoms with Crippen molar-refractivity contribution in [3.05, 3.63) is 0 Å². The van der Waals surface area contributed by atoms with Gasteiger partial charge in [-0.25, -0.2) is 4.57 Å². The molecule has 0 aliphatic heterocycles. The van der Waals surface area contributed by atoms with E-state index >= 15 is 0 Å². The second kappa shape index (κ2) is 8.38. The van der Waals surface area contributed by atoms with Gasteiger partial charge in [0, 0.05) is 13.2 Å². The number of hydrogen-bond acceptors (Lipinski definition) is 3. The summed E-state index contributed by atoms with van der Waals surface area (Å²) in [7, 11) is -4.27. The molecule has 0 unspecified atom stereocenters. The van der Waals surface area contributed by atoms with Crippen LogP contribution >= 0.6 is 7.82 Å². The highest BCUT2D eigenvalue weighted by atomic mass is 31.2. The Morgan fingerprint density at radius 2 is 1.64 bits per heavy atom. The molecular weight excluding hydrogens is 207 g/mol. The van der Waals surface area contributed by atoms with Crippen molar-refractivity contribution < 1.29 is 23.6 Å². The predicted molar refractivity (Wildman–Crippen MR) is 53.0 cm³/mol. The summed E-state index contributed by atoms with van der Waals surface area (Å²) in [6.07, 6.45) is 3.54. The molecule has 0 amide bonds. The van der Waals surface area contributed by atoms with Crippen molar-refractivity contribution in [3.63, 3.8) is 0 Å². The van der Waals surface area contributed by atoms with Crippen LogP contribution < -0.4 is 0 Å². The Labute approximate surface area is 84.7 Å². The SMILES string of the molecule is CCCCOCCCCOP(=O)(O)O. The molecule has 0 rings (SSSR count). The van der Waals surface area contributed by atoms with E-state index in [-0.39, 0.29) is 6.61 Å². The van der Waals surface area contributed by atoms with Crippen molar-refractivity contribution in [3.8, 4) is 0 Å². The minimum Gasteiger partial charge on any atom is -0.381 e. The van der Waals surface area contributed by atoms with Crippen LogP contribution in [0.4, 0.5) is 0 Å². The zero-order chi connectivity index (χ0) is 10.9. The van der Waals surface area contributed by atoms with E-state index in [1.807, 2.05) is 0 Å². The van der Waals surface area contributed by atoms with Crippen molar-refractivity contribution in [2.75, 3.05) is 19.8 Å². The van der Waals surface area contributed by atoms with Gasteiger partial charge in [-0.3, -0.25) is 4.52 Å². The second-order valence-electron chi connectivity index (χ2n) is 3.00. The summed E-state index contributed by atoms with van der Waals surface area (Å²) >= 11 is 0. The van der Waals surface area contributed by atoms with E-state index in [1.54, 1.807) is 0 Å². The number of hydrogen-bond donors (Lipinski definition) is 2. The molecule has 0 saturated carbocycles. The van der Waals surface area contributed by atoms with Crippen LogP contribution in [-0.4, -0.2) is 29.6 Å². The monoisotopic (exact) mass is 226 g/mol. The first-order chi connectivity index (χ1) is 6.56. The summed E-state index contributed by atoms with van der Waals surface area (Å²) in [4.78, 5) is 16.7. The molecule has 0 aromatic carbocycles. The standard InChI is InChI=1S/C8H19O5P/c1-2-3-6-12-7-4-5-8-13-14(9,10)11/h2-8H2,1H3,(H2,9,10,11). The molecule has 6 heteroatoms. The number of phosphoric acid groups is 1. The summed E-state index contributed by atoms with van der Waals surface area (Å²) in [5, 5.41) is 0. The maximum atomic E-state index is 10.2. The molecule has 0 atom stereocenters. The van der Waals surface area contributed by atoms with E-state index in [1.165, 1.54) is 0 Å². The third-order valence-electron chi connectivity index (χ3n) is 1.58. The lowest BCUT2D eigenvalue weighted by atomic mass is 10.3. The van der Waals surface area contributed by atoms with Crippen LogP contribution in [0, 0.1) is 0 Å². The minimum absolute atomic E-state index is 0.0847. The molecule has 0 fully saturated rings. The van der Waals surface area contributed by atoms with Crippen LogP contribution in [0.2, 0.25) is 0 Å². The first-order valence-electron chi connectivity index (χ1n) is 4.84. The molecule has 0 heterocycles. The molecule has 0 aromatic rings. The Morgan fingerprint density at radius 3 is 2.21 bits per heavy atom. The van der Waals surface area contributed by atoms with Gasteiger partial charge in [-0.1, -0.05) is 13.3 Å². The van der Waals surface area contributed by atoms with Gasteiger partial charge < -0.3 is 14.5 Å². The van der Waals surface area contributed by atoms with E-state index in [0.29, 0.717) is 13.0 Å². The Bertz CT molecular complexity index is 167.